The molecule has 2 aliphatic rings. The Bertz CT molecular complexity index is 1550. The van der Waals surface area contributed by atoms with E-state index in [0.29, 0.717) is 6.42 Å². The minimum Gasteiger partial charge on any atom is -0.335 e. The average molecular weight is 559 g/mol. The molecule has 0 bridgehead atoms. The molecule has 1 saturated heterocycles. The Balaban J connectivity index is 1.29. The van der Waals surface area contributed by atoms with Gasteiger partial charge in [0.25, 0.3) is 17.4 Å². The number of H-pyrrole nitrogens is 1. The first-order chi connectivity index (χ1) is 19.6. The quantitative estimate of drug-likeness (QED) is 0.466. The number of ketones is 1. The number of hydrogen-bond acceptors (Lipinski definition) is 5. The zero-order valence-corrected chi connectivity index (χ0v) is 23.7. The molecule has 3 aromatic rings. The molecule has 0 unspecified atom stereocenters. The van der Waals surface area contributed by atoms with Crippen molar-refractivity contribution in [2.24, 2.45) is 0 Å². The van der Waals surface area contributed by atoms with Gasteiger partial charge < -0.3 is 9.80 Å². The normalized spacial score (nSPS) is 17.2. The van der Waals surface area contributed by atoms with Gasteiger partial charge >= 0.3 is 0 Å². The van der Waals surface area contributed by atoms with Crippen molar-refractivity contribution < 1.29 is 18.8 Å². The number of Topliss-reactive ketones (excluding diaryl/α,β-unsaturated/α-hetero) is 1. The van der Waals surface area contributed by atoms with Crippen molar-refractivity contribution in [1.29, 1.82) is 0 Å². The Morgan fingerprint density at radius 2 is 1.73 bits per heavy atom. The van der Waals surface area contributed by atoms with Gasteiger partial charge in [0.05, 0.1) is 16.7 Å². The van der Waals surface area contributed by atoms with E-state index in [1.54, 1.807) is 32.9 Å². The van der Waals surface area contributed by atoms with Crippen LogP contribution in [-0.2, 0) is 34.3 Å². The lowest BCUT2D eigenvalue weighted by Crippen LogP contribution is -2.58. The van der Waals surface area contributed by atoms with Crippen LogP contribution in [0.2, 0.25) is 0 Å². The second-order valence-corrected chi connectivity index (χ2v) is 11.6. The number of fused-ring (bicyclic) bond motifs is 1. The van der Waals surface area contributed by atoms with E-state index in [1.807, 2.05) is 30.3 Å². The number of aromatic nitrogens is 2. The van der Waals surface area contributed by atoms with Gasteiger partial charge in [-0.3, -0.25) is 19.2 Å². The molecule has 0 saturated carbocycles. The zero-order valence-electron chi connectivity index (χ0n) is 23.7. The summed E-state index contributed by atoms with van der Waals surface area (Å²) < 4.78 is 14.9. The fourth-order valence-electron chi connectivity index (χ4n) is 5.91. The van der Waals surface area contributed by atoms with E-state index in [-0.39, 0.29) is 30.8 Å². The molecule has 1 aliphatic heterocycles. The maximum Gasteiger partial charge on any atom is 0.291 e. The third kappa shape index (κ3) is 5.58. The van der Waals surface area contributed by atoms with Gasteiger partial charge in [-0.25, -0.2) is 9.49 Å². The van der Waals surface area contributed by atoms with Gasteiger partial charge in [0, 0.05) is 37.7 Å². The molecule has 1 aliphatic carbocycles. The SMILES string of the molecule is C[C@@H]1CN(C(=O)c2cc(Cc3n[nH]c(=O)c4c3CCCC4)ccc2F)CCN1C(=O)C(=O)C(C)(C)c1ccccc1. The predicted octanol–water partition coefficient (Wildman–Crippen LogP) is 3.60. The van der Waals surface area contributed by atoms with Crippen molar-refractivity contribution in [1.82, 2.24) is 20.0 Å². The fraction of sp³-hybridized carbons (Fsp3) is 0.406. The van der Waals surface area contributed by atoms with Crippen molar-refractivity contribution in [3.8, 4) is 0 Å². The molecule has 8 nitrogen and oxygen atoms in total. The minimum absolute atomic E-state index is 0.0472. The highest BCUT2D eigenvalue weighted by atomic mass is 19.1. The van der Waals surface area contributed by atoms with E-state index < -0.39 is 34.9 Å². The number of aromatic amines is 1. The van der Waals surface area contributed by atoms with Crippen LogP contribution in [-0.4, -0.2) is 63.3 Å². The number of hydrogen-bond donors (Lipinski definition) is 1. The molecule has 9 heteroatoms. The first kappa shape index (κ1) is 28.4. The van der Waals surface area contributed by atoms with E-state index in [9.17, 15) is 23.6 Å². The number of nitrogens with one attached hydrogen (secondary N) is 1. The first-order valence-electron chi connectivity index (χ1n) is 14.2. The summed E-state index contributed by atoms with van der Waals surface area (Å²) >= 11 is 0. The summed E-state index contributed by atoms with van der Waals surface area (Å²) in [4.78, 5) is 55.2. The average Bonchev–Trinajstić information content (AvgIpc) is 2.99. The molecule has 2 heterocycles. The maximum atomic E-state index is 14.9. The van der Waals surface area contributed by atoms with Gasteiger partial charge in [-0.05, 0) is 75.3 Å². The highest BCUT2D eigenvalue weighted by molar-refractivity contribution is 6.39. The second kappa shape index (κ2) is 11.4. The fourth-order valence-corrected chi connectivity index (χ4v) is 5.91. The van der Waals surface area contributed by atoms with Crippen LogP contribution in [0.3, 0.4) is 0 Å². The summed E-state index contributed by atoms with van der Waals surface area (Å²) in [5, 5.41) is 6.85. The van der Waals surface area contributed by atoms with Crippen LogP contribution >= 0.6 is 0 Å². The number of benzene rings is 2. The van der Waals surface area contributed by atoms with Gasteiger partial charge in [0.1, 0.15) is 5.82 Å². The molecule has 2 aromatic carbocycles. The summed E-state index contributed by atoms with van der Waals surface area (Å²) in [5.74, 6) is -2.17. The zero-order chi connectivity index (χ0) is 29.3. The number of rotatable bonds is 6. The number of nitrogens with zero attached hydrogens (tertiary/aromatic N) is 3. The van der Waals surface area contributed by atoms with Gasteiger partial charge in [0.2, 0.25) is 5.78 Å². The lowest BCUT2D eigenvalue weighted by Gasteiger charge is -2.40. The number of halogens is 1. The van der Waals surface area contributed by atoms with Crippen LogP contribution in [0.5, 0.6) is 0 Å². The highest BCUT2D eigenvalue weighted by Crippen LogP contribution is 2.27. The lowest BCUT2D eigenvalue weighted by atomic mass is 9.80. The Labute approximate surface area is 238 Å². The molecule has 1 aromatic heterocycles. The van der Waals surface area contributed by atoms with Gasteiger partial charge in [0.15, 0.2) is 0 Å². The molecular weight excluding hydrogens is 523 g/mol. The number of piperazine rings is 1. The molecule has 0 spiro atoms. The molecule has 1 atom stereocenters. The largest absolute Gasteiger partial charge is 0.335 e. The molecule has 5 rings (SSSR count). The third-order valence-electron chi connectivity index (χ3n) is 8.45. The number of carbonyl (C=O) groups is 3. The predicted molar refractivity (Wildman–Crippen MR) is 152 cm³/mol. The second-order valence-electron chi connectivity index (χ2n) is 11.6. The molecule has 41 heavy (non-hydrogen) atoms. The highest BCUT2D eigenvalue weighted by Gasteiger charge is 2.40. The molecule has 1 fully saturated rings. The van der Waals surface area contributed by atoms with Crippen LogP contribution in [0, 0.1) is 5.82 Å². The minimum atomic E-state index is -0.992. The maximum absolute atomic E-state index is 14.9. The molecule has 2 amide bonds. The van der Waals surface area contributed by atoms with E-state index in [1.165, 1.54) is 15.9 Å². The van der Waals surface area contributed by atoms with Crippen LogP contribution < -0.4 is 5.56 Å². The summed E-state index contributed by atoms with van der Waals surface area (Å²) in [5.41, 5.74) is 2.75. The van der Waals surface area contributed by atoms with Crippen molar-refractivity contribution in [2.75, 3.05) is 19.6 Å². The van der Waals surface area contributed by atoms with Crippen molar-refractivity contribution in [3.05, 3.63) is 98.2 Å². The van der Waals surface area contributed by atoms with E-state index in [2.05, 4.69) is 10.2 Å². The Kier molecular flexibility index (Phi) is 7.89. The third-order valence-corrected chi connectivity index (χ3v) is 8.45. The Morgan fingerprint density at radius 3 is 2.44 bits per heavy atom. The molecular formula is C32H35FN4O4. The summed E-state index contributed by atoms with van der Waals surface area (Å²) in [7, 11) is 0. The molecule has 0 radical (unpaired) electrons. The van der Waals surface area contributed by atoms with E-state index in [4.69, 9.17) is 0 Å². The van der Waals surface area contributed by atoms with Crippen LogP contribution in [0.1, 0.15) is 71.9 Å². The smallest absolute Gasteiger partial charge is 0.291 e. The summed E-state index contributed by atoms with van der Waals surface area (Å²) in [6.07, 6.45) is 3.82. The standard InChI is InChI=1S/C32H35FN4O4/c1-20-19-36(15-16-37(20)31(41)28(38)32(2,3)22-9-5-4-6-10-22)30(40)25-17-21(13-14-26(25)33)18-27-23-11-7-8-12-24(23)29(39)35-34-27/h4-6,9-10,13-14,17,20H,7-8,11-12,15-16,18-19H2,1-3H3,(H,35,39)/t20-/m1/s1. The lowest BCUT2D eigenvalue weighted by molar-refractivity contribution is -0.149. The van der Waals surface area contributed by atoms with Gasteiger partial charge in [-0.1, -0.05) is 36.4 Å². The molecule has 1 N–H and O–H groups in total. The van der Waals surface area contributed by atoms with Crippen molar-refractivity contribution >= 4 is 17.6 Å². The van der Waals surface area contributed by atoms with Crippen LogP contribution in [0.15, 0.2) is 53.3 Å². The first-order valence-corrected chi connectivity index (χ1v) is 14.2. The van der Waals surface area contributed by atoms with E-state index >= 15 is 0 Å². The van der Waals surface area contributed by atoms with E-state index in [0.717, 1.165) is 53.6 Å². The van der Waals surface area contributed by atoms with Crippen molar-refractivity contribution in [2.45, 2.75) is 64.3 Å². The van der Waals surface area contributed by atoms with Crippen LogP contribution in [0.4, 0.5) is 4.39 Å². The summed E-state index contributed by atoms with van der Waals surface area (Å²) in [6.45, 7) is 5.81. The van der Waals surface area contributed by atoms with Gasteiger partial charge in [-0.2, -0.15) is 5.10 Å². The topological polar surface area (TPSA) is 103 Å². The Morgan fingerprint density at radius 1 is 1.02 bits per heavy atom. The summed E-state index contributed by atoms with van der Waals surface area (Å²) in [6, 6.07) is 13.2. The Hall–Kier alpha value is -4.14. The van der Waals surface area contributed by atoms with Gasteiger partial charge in [-0.15, -0.1) is 0 Å². The monoisotopic (exact) mass is 558 g/mol. The molecule has 214 valence electrons. The van der Waals surface area contributed by atoms with Crippen LogP contribution in [0.25, 0.3) is 0 Å². The van der Waals surface area contributed by atoms with Crippen molar-refractivity contribution in [3.63, 3.8) is 0 Å². The number of amides is 2. The number of carbonyl (C=O) groups excluding carboxylic acids is 3.